The lowest BCUT2D eigenvalue weighted by Crippen LogP contribution is -2.25. The molecule has 0 aliphatic rings. The van der Waals surface area contributed by atoms with Gasteiger partial charge < -0.3 is 15.5 Å². The Bertz CT molecular complexity index is 695. The first-order valence-corrected chi connectivity index (χ1v) is 7.79. The fraction of sp³-hybridized carbons (Fsp3) is 0.316. The van der Waals surface area contributed by atoms with Gasteiger partial charge in [0.15, 0.2) is 11.5 Å². The van der Waals surface area contributed by atoms with Crippen LogP contribution in [0, 0.1) is 13.8 Å². The summed E-state index contributed by atoms with van der Waals surface area (Å²) < 4.78 is 0. The molecule has 2 aromatic rings. The van der Waals surface area contributed by atoms with Crippen molar-refractivity contribution in [1.29, 1.82) is 0 Å². The number of nitrogens with one attached hydrogen (secondary N) is 1. The number of phenolic OH excluding ortho intramolecular Hbond substituents is 2. The fourth-order valence-corrected chi connectivity index (χ4v) is 2.53. The Morgan fingerprint density at radius 3 is 2.48 bits per heavy atom. The molecule has 0 heterocycles. The van der Waals surface area contributed by atoms with Gasteiger partial charge in [0.05, 0.1) is 0 Å². The first kappa shape index (κ1) is 16.9. The molecule has 4 nitrogen and oxygen atoms in total. The van der Waals surface area contributed by atoms with Crippen molar-refractivity contribution in [2.45, 2.75) is 33.1 Å². The monoisotopic (exact) mass is 313 g/mol. The summed E-state index contributed by atoms with van der Waals surface area (Å²) in [5.41, 5.74) is 4.52. The summed E-state index contributed by atoms with van der Waals surface area (Å²) >= 11 is 0. The first-order valence-electron chi connectivity index (χ1n) is 7.79. The Balaban J connectivity index is 1.75. The molecule has 0 unspecified atom stereocenters. The summed E-state index contributed by atoms with van der Waals surface area (Å²) in [6.07, 6.45) is 1.81. The van der Waals surface area contributed by atoms with Crippen LogP contribution in [-0.2, 0) is 17.6 Å². The molecule has 0 aliphatic heterocycles. The van der Waals surface area contributed by atoms with E-state index in [2.05, 4.69) is 37.4 Å². The number of amides is 1. The Labute approximate surface area is 136 Å². The molecule has 0 saturated carbocycles. The van der Waals surface area contributed by atoms with Gasteiger partial charge in [0, 0.05) is 13.0 Å². The Morgan fingerprint density at radius 1 is 1.00 bits per heavy atom. The van der Waals surface area contributed by atoms with Gasteiger partial charge in [-0.25, -0.2) is 0 Å². The molecule has 0 spiro atoms. The Kier molecular flexibility index (Phi) is 5.63. The number of hydrogen-bond donors (Lipinski definition) is 3. The molecule has 122 valence electrons. The topological polar surface area (TPSA) is 69.6 Å². The van der Waals surface area contributed by atoms with Crippen LogP contribution in [0.2, 0.25) is 0 Å². The number of rotatable bonds is 6. The summed E-state index contributed by atoms with van der Waals surface area (Å²) in [5.74, 6) is -0.247. The van der Waals surface area contributed by atoms with E-state index in [-0.39, 0.29) is 17.4 Å². The van der Waals surface area contributed by atoms with Gasteiger partial charge in [-0.05, 0) is 55.5 Å². The molecule has 3 N–H and O–H groups in total. The van der Waals surface area contributed by atoms with Crippen molar-refractivity contribution < 1.29 is 15.0 Å². The molecule has 0 atom stereocenters. The van der Waals surface area contributed by atoms with Gasteiger partial charge in [0.25, 0.3) is 0 Å². The largest absolute Gasteiger partial charge is 0.504 e. The first-order chi connectivity index (χ1) is 11.0. The molecule has 0 radical (unpaired) electrons. The van der Waals surface area contributed by atoms with E-state index in [0.717, 1.165) is 12.0 Å². The van der Waals surface area contributed by atoms with Gasteiger partial charge in [0.2, 0.25) is 5.91 Å². The second-order valence-corrected chi connectivity index (χ2v) is 5.85. The third-order valence-corrected chi connectivity index (χ3v) is 3.90. The lowest BCUT2D eigenvalue weighted by Gasteiger charge is -2.08. The highest BCUT2D eigenvalue weighted by atomic mass is 16.3. The molecular formula is C19H23NO3. The van der Waals surface area contributed by atoms with Crippen LogP contribution in [0.1, 0.15) is 28.7 Å². The molecule has 4 heteroatoms. The van der Waals surface area contributed by atoms with Crippen LogP contribution in [0.25, 0.3) is 0 Å². The minimum Gasteiger partial charge on any atom is -0.504 e. The second kappa shape index (κ2) is 7.68. The van der Waals surface area contributed by atoms with Crippen LogP contribution in [-0.4, -0.2) is 22.7 Å². The molecule has 1 amide bonds. The van der Waals surface area contributed by atoms with Gasteiger partial charge in [-0.1, -0.05) is 29.8 Å². The van der Waals surface area contributed by atoms with Crippen LogP contribution >= 0.6 is 0 Å². The van der Waals surface area contributed by atoms with Crippen molar-refractivity contribution >= 4 is 5.91 Å². The summed E-state index contributed by atoms with van der Waals surface area (Å²) in [5, 5.41) is 21.6. The maximum Gasteiger partial charge on any atom is 0.220 e. The summed E-state index contributed by atoms with van der Waals surface area (Å²) in [6.45, 7) is 4.64. The molecule has 0 bridgehead atoms. The molecule has 0 aliphatic carbocycles. The molecule has 2 rings (SSSR count). The number of aromatic hydroxyl groups is 2. The Hall–Kier alpha value is -2.49. The normalized spacial score (nSPS) is 10.5. The highest BCUT2D eigenvalue weighted by Gasteiger charge is 2.05. The minimum atomic E-state index is -0.135. The predicted octanol–water partition coefficient (Wildman–Crippen LogP) is 3.01. The lowest BCUT2D eigenvalue weighted by atomic mass is 10.0. The third-order valence-electron chi connectivity index (χ3n) is 3.90. The van der Waals surface area contributed by atoms with Crippen LogP contribution in [0.3, 0.4) is 0 Å². The van der Waals surface area contributed by atoms with Gasteiger partial charge >= 0.3 is 0 Å². The summed E-state index contributed by atoms with van der Waals surface area (Å²) in [7, 11) is 0. The highest BCUT2D eigenvalue weighted by Crippen LogP contribution is 2.24. The van der Waals surface area contributed by atoms with Crippen molar-refractivity contribution in [1.82, 2.24) is 5.32 Å². The number of benzene rings is 2. The SMILES string of the molecule is Cc1ccc(CCC(=O)NCCc2ccc(O)c(O)c2)c(C)c1. The zero-order chi connectivity index (χ0) is 16.8. The zero-order valence-electron chi connectivity index (χ0n) is 13.6. The summed E-state index contributed by atoms with van der Waals surface area (Å²) in [4.78, 5) is 11.9. The van der Waals surface area contributed by atoms with Gasteiger partial charge in [-0.3, -0.25) is 4.79 Å². The van der Waals surface area contributed by atoms with Crippen LogP contribution in [0.15, 0.2) is 36.4 Å². The van der Waals surface area contributed by atoms with Gasteiger partial charge in [-0.15, -0.1) is 0 Å². The number of carbonyl (C=O) groups is 1. The lowest BCUT2D eigenvalue weighted by molar-refractivity contribution is -0.121. The second-order valence-electron chi connectivity index (χ2n) is 5.85. The van der Waals surface area contributed by atoms with Crippen molar-refractivity contribution in [3.63, 3.8) is 0 Å². The molecular weight excluding hydrogens is 290 g/mol. The van der Waals surface area contributed by atoms with Crippen LogP contribution in [0.5, 0.6) is 11.5 Å². The van der Waals surface area contributed by atoms with Crippen molar-refractivity contribution in [2.75, 3.05) is 6.54 Å². The molecule has 0 aromatic heterocycles. The van der Waals surface area contributed by atoms with E-state index in [1.165, 1.54) is 28.8 Å². The van der Waals surface area contributed by atoms with Crippen molar-refractivity contribution in [3.05, 3.63) is 58.7 Å². The van der Waals surface area contributed by atoms with E-state index >= 15 is 0 Å². The quantitative estimate of drug-likeness (QED) is 0.718. The summed E-state index contributed by atoms with van der Waals surface area (Å²) in [6, 6.07) is 11.0. The van der Waals surface area contributed by atoms with E-state index in [0.29, 0.717) is 19.4 Å². The standard InChI is InChI=1S/C19H23NO3/c1-13-3-5-16(14(2)11-13)6-8-19(23)20-10-9-15-4-7-17(21)18(22)12-15/h3-5,7,11-12,21-22H,6,8-10H2,1-2H3,(H,20,23). The minimum absolute atomic E-state index is 0.0213. The van der Waals surface area contributed by atoms with E-state index in [1.807, 2.05) is 0 Å². The smallest absolute Gasteiger partial charge is 0.220 e. The zero-order valence-corrected chi connectivity index (χ0v) is 13.6. The van der Waals surface area contributed by atoms with Gasteiger partial charge in [0.1, 0.15) is 0 Å². The van der Waals surface area contributed by atoms with E-state index < -0.39 is 0 Å². The Morgan fingerprint density at radius 2 is 1.78 bits per heavy atom. The van der Waals surface area contributed by atoms with Gasteiger partial charge in [-0.2, -0.15) is 0 Å². The number of aryl methyl sites for hydroxylation is 3. The molecule has 0 fully saturated rings. The molecule has 2 aromatic carbocycles. The maximum atomic E-state index is 11.9. The molecule has 0 saturated heterocycles. The van der Waals surface area contributed by atoms with Crippen LogP contribution < -0.4 is 5.32 Å². The highest BCUT2D eigenvalue weighted by molar-refractivity contribution is 5.76. The van der Waals surface area contributed by atoms with Crippen LogP contribution in [0.4, 0.5) is 0 Å². The number of hydrogen-bond acceptors (Lipinski definition) is 3. The van der Waals surface area contributed by atoms with Crippen molar-refractivity contribution in [3.8, 4) is 11.5 Å². The fourth-order valence-electron chi connectivity index (χ4n) is 2.53. The molecule has 23 heavy (non-hydrogen) atoms. The van der Waals surface area contributed by atoms with E-state index in [1.54, 1.807) is 6.07 Å². The average Bonchev–Trinajstić information content (AvgIpc) is 2.50. The van der Waals surface area contributed by atoms with Crippen molar-refractivity contribution in [2.24, 2.45) is 0 Å². The number of phenols is 2. The average molecular weight is 313 g/mol. The van der Waals surface area contributed by atoms with E-state index in [4.69, 9.17) is 0 Å². The predicted molar refractivity (Wildman–Crippen MR) is 90.7 cm³/mol. The third kappa shape index (κ3) is 5.02. The van der Waals surface area contributed by atoms with E-state index in [9.17, 15) is 15.0 Å². The number of carbonyl (C=O) groups excluding carboxylic acids is 1. The maximum absolute atomic E-state index is 11.9.